The summed E-state index contributed by atoms with van der Waals surface area (Å²) >= 11 is 0. The number of hydrogen-bond acceptors (Lipinski definition) is 4. The Labute approximate surface area is 227 Å². The van der Waals surface area contributed by atoms with Crippen LogP contribution in [0.3, 0.4) is 0 Å². The second-order valence-corrected chi connectivity index (χ2v) is 9.10. The van der Waals surface area contributed by atoms with Crippen LogP contribution in [0.25, 0.3) is 11.3 Å². The lowest BCUT2D eigenvalue weighted by Gasteiger charge is -2.23. The highest BCUT2D eigenvalue weighted by atomic mass is 19.4. The van der Waals surface area contributed by atoms with Gasteiger partial charge in [-0.25, -0.2) is 4.98 Å². The predicted octanol–water partition coefficient (Wildman–Crippen LogP) is 6.79. The highest BCUT2D eigenvalue weighted by molar-refractivity contribution is 5.60. The van der Waals surface area contributed by atoms with Gasteiger partial charge >= 0.3 is 12.4 Å². The van der Waals surface area contributed by atoms with Gasteiger partial charge in [-0.05, 0) is 29.3 Å². The monoisotopic (exact) mass is 559 g/mol. The van der Waals surface area contributed by atoms with E-state index in [9.17, 15) is 31.4 Å². The molecular weight excluding hydrogens is 532 g/mol. The molecule has 0 aliphatic rings. The van der Waals surface area contributed by atoms with Crippen LogP contribution in [-0.2, 0) is 12.4 Å². The maximum atomic E-state index is 14.0. The first-order chi connectivity index (χ1) is 19.1. The van der Waals surface area contributed by atoms with Gasteiger partial charge in [-0.2, -0.15) is 26.3 Å². The largest absolute Gasteiger partial charge is 0.433 e. The Morgan fingerprint density at radius 3 is 1.70 bits per heavy atom. The molecule has 4 rings (SSSR count). The fourth-order valence-electron chi connectivity index (χ4n) is 4.42. The third-order valence-corrected chi connectivity index (χ3v) is 6.39. The summed E-state index contributed by atoms with van der Waals surface area (Å²) in [5.41, 5.74) is -0.356. The van der Waals surface area contributed by atoms with Crippen molar-refractivity contribution in [2.24, 2.45) is 0 Å². The molecule has 0 aliphatic heterocycles. The van der Waals surface area contributed by atoms with Crippen molar-refractivity contribution >= 4 is 0 Å². The Morgan fingerprint density at radius 2 is 1.20 bits per heavy atom. The second kappa shape index (κ2) is 12.6. The molecule has 4 nitrogen and oxygen atoms in total. The number of benzene rings is 3. The third-order valence-electron chi connectivity index (χ3n) is 6.39. The van der Waals surface area contributed by atoms with Gasteiger partial charge in [-0.3, -0.25) is 0 Å². The van der Waals surface area contributed by atoms with Gasteiger partial charge in [0.2, 0.25) is 0 Å². The Balaban J connectivity index is 1.49. The molecule has 40 heavy (non-hydrogen) atoms. The number of aliphatic hydroxyl groups is 1. The number of nitrogens with one attached hydrogen (secondary N) is 2. The van der Waals surface area contributed by atoms with Crippen LogP contribution in [0.15, 0.2) is 97.1 Å². The molecule has 0 aliphatic carbocycles. The number of nitrogens with zero attached hydrogens (tertiary/aromatic N) is 1. The van der Waals surface area contributed by atoms with Crippen molar-refractivity contribution in [3.8, 4) is 11.3 Å². The lowest BCUT2D eigenvalue weighted by molar-refractivity contribution is -0.142. The average molecular weight is 560 g/mol. The zero-order chi connectivity index (χ0) is 28.8. The normalized spacial score (nSPS) is 13.0. The lowest BCUT2D eigenvalue weighted by atomic mass is 9.99. The minimum Gasteiger partial charge on any atom is -0.394 e. The van der Waals surface area contributed by atoms with E-state index in [0.717, 1.165) is 35.4 Å². The number of hydrogen-bond donors (Lipinski definition) is 3. The molecule has 0 saturated heterocycles. The van der Waals surface area contributed by atoms with Crippen molar-refractivity contribution in [2.75, 3.05) is 19.7 Å². The molecule has 1 aromatic heterocycles. The van der Waals surface area contributed by atoms with Gasteiger partial charge in [0.1, 0.15) is 5.69 Å². The summed E-state index contributed by atoms with van der Waals surface area (Å²) in [6, 6.07) is 24.5. The van der Waals surface area contributed by atoms with E-state index in [1.807, 2.05) is 60.7 Å². The number of aliphatic hydroxyl groups excluding tert-OH is 1. The van der Waals surface area contributed by atoms with Crippen LogP contribution >= 0.6 is 0 Å². The van der Waals surface area contributed by atoms with Crippen molar-refractivity contribution in [1.29, 1.82) is 0 Å². The molecule has 1 heterocycles. The highest BCUT2D eigenvalue weighted by Gasteiger charge is 2.37. The van der Waals surface area contributed by atoms with Gasteiger partial charge in [0, 0.05) is 24.2 Å². The molecule has 0 unspecified atom stereocenters. The number of alkyl halides is 6. The third kappa shape index (κ3) is 7.26. The predicted molar refractivity (Wildman–Crippen MR) is 140 cm³/mol. The molecule has 3 aromatic carbocycles. The smallest absolute Gasteiger partial charge is 0.394 e. The van der Waals surface area contributed by atoms with Crippen LogP contribution in [0.4, 0.5) is 26.3 Å². The molecule has 0 spiro atoms. The van der Waals surface area contributed by atoms with Crippen LogP contribution in [0, 0.1) is 0 Å². The summed E-state index contributed by atoms with van der Waals surface area (Å²) in [5.74, 6) is 0. The van der Waals surface area contributed by atoms with E-state index >= 15 is 0 Å². The molecule has 210 valence electrons. The zero-order valence-electron chi connectivity index (χ0n) is 21.2. The molecule has 3 N–H and O–H groups in total. The first-order valence-corrected chi connectivity index (χ1v) is 12.5. The van der Waals surface area contributed by atoms with Gasteiger partial charge in [-0.15, -0.1) is 0 Å². The minimum absolute atomic E-state index is 0.107. The zero-order valence-corrected chi connectivity index (χ0v) is 21.2. The second-order valence-electron chi connectivity index (χ2n) is 9.10. The van der Waals surface area contributed by atoms with E-state index in [0.29, 0.717) is 6.54 Å². The Hall–Kier alpha value is -3.73. The van der Waals surface area contributed by atoms with E-state index in [2.05, 4.69) is 15.6 Å². The topological polar surface area (TPSA) is 57.2 Å². The van der Waals surface area contributed by atoms with Gasteiger partial charge < -0.3 is 15.7 Å². The maximum absolute atomic E-state index is 14.0. The van der Waals surface area contributed by atoms with Crippen molar-refractivity contribution in [3.63, 3.8) is 0 Å². The molecule has 0 fully saturated rings. The number of halogens is 6. The van der Waals surface area contributed by atoms with Crippen LogP contribution in [0.5, 0.6) is 0 Å². The van der Waals surface area contributed by atoms with Crippen LogP contribution in [0.2, 0.25) is 0 Å². The summed E-state index contributed by atoms with van der Waals surface area (Å²) < 4.78 is 80.6. The minimum atomic E-state index is -4.85. The van der Waals surface area contributed by atoms with E-state index in [1.165, 1.54) is 12.1 Å². The lowest BCUT2D eigenvalue weighted by Crippen LogP contribution is -2.35. The van der Waals surface area contributed by atoms with Gasteiger partial charge in [0.15, 0.2) is 0 Å². The Bertz CT molecular complexity index is 1320. The molecule has 10 heteroatoms. The highest BCUT2D eigenvalue weighted by Crippen LogP contribution is 2.36. The quantitative estimate of drug-likeness (QED) is 0.148. The molecule has 0 bridgehead atoms. The fourth-order valence-corrected chi connectivity index (χ4v) is 4.42. The van der Waals surface area contributed by atoms with Gasteiger partial charge in [-0.1, -0.05) is 78.9 Å². The van der Waals surface area contributed by atoms with E-state index in [-0.39, 0.29) is 29.4 Å². The van der Waals surface area contributed by atoms with Crippen molar-refractivity contribution < 1.29 is 31.4 Å². The molecule has 0 amide bonds. The molecule has 1 atom stereocenters. The standard InChI is InChI=1S/C30H27F6N3O/c31-29(32,33)23-13-11-20(12-14-23)25-16-15-24(28(39-25)30(34,35)36)26(19-40)37-17-18-38-27(21-7-3-1-4-8-21)22-9-5-2-6-10-22/h1-16,26-27,37-38,40H,17-19H2/t26-/m0/s1. The summed E-state index contributed by atoms with van der Waals surface area (Å²) in [5, 5.41) is 16.3. The van der Waals surface area contributed by atoms with Crippen molar-refractivity contribution in [2.45, 2.75) is 24.4 Å². The van der Waals surface area contributed by atoms with E-state index in [4.69, 9.17) is 0 Å². The summed E-state index contributed by atoms with van der Waals surface area (Å²) in [6.07, 6.45) is -9.42. The molecule has 0 saturated carbocycles. The van der Waals surface area contributed by atoms with E-state index in [1.54, 1.807) is 0 Å². The molecule has 4 aromatic rings. The van der Waals surface area contributed by atoms with Gasteiger partial charge in [0.05, 0.1) is 29.9 Å². The molecular formula is C30H27F6N3O. The average Bonchev–Trinajstić information content (AvgIpc) is 2.95. The van der Waals surface area contributed by atoms with Crippen LogP contribution in [0.1, 0.15) is 40.0 Å². The summed E-state index contributed by atoms with van der Waals surface area (Å²) in [7, 11) is 0. The number of aromatic nitrogens is 1. The van der Waals surface area contributed by atoms with Gasteiger partial charge in [0.25, 0.3) is 0 Å². The molecule has 0 radical (unpaired) electrons. The fraction of sp³-hybridized carbons (Fsp3) is 0.233. The first-order valence-electron chi connectivity index (χ1n) is 12.5. The van der Waals surface area contributed by atoms with E-state index < -0.39 is 36.3 Å². The SMILES string of the molecule is OC[C@H](NCCNC(c1ccccc1)c1ccccc1)c1ccc(-c2ccc(C(F)(F)F)cc2)nc1C(F)(F)F. The number of rotatable bonds is 10. The Kier molecular flexibility index (Phi) is 9.24. The first kappa shape index (κ1) is 29.3. The van der Waals surface area contributed by atoms with Crippen molar-refractivity contribution in [1.82, 2.24) is 15.6 Å². The maximum Gasteiger partial charge on any atom is 0.433 e. The van der Waals surface area contributed by atoms with Crippen molar-refractivity contribution in [3.05, 3.63) is 125 Å². The van der Waals surface area contributed by atoms with Crippen LogP contribution < -0.4 is 10.6 Å². The Morgan fingerprint density at radius 1 is 0.650 bits per heavy atom. The summed E-state index contributed by atoms with van der Waals surface area (Å²) in [4.78, 5) is 3.74. The summed E-state index contributed by atoms with van der Waals surface area (Å²) in [6.45, 7) is -0.00605. The number of pyridine rings is 1. The van der Waals surface area contributed by atoms with Crippen LogP contribution in [-0.4, -0.2) is 29.8 Å².